The Bertz CT molecular complexity index is 1880. The van der Waals surface area contributed by atoms with Gasteiger partial charge in [-0.3, -0.25) is 4.79 Å². The number of unbranched alkanes of at least 4 members (excludes halogenated alkanes) is 1. The zero-order valence-electron chi connectivity index (χ0n) is 31.0. The Kier molecular flexibility index (Phi) is 16.6. The zero-order chi connectivity index (χ0) is 41.4. The number of esters is 2. The normalized spacial score (nSPS) is 18.9. The average molecular weight is 800 g/mol. The molecule has 0 aromatic heterocycles. The highest BCUT2D eigenvalue weighted by Gasteiger charge is 2.39. The maximum Gasteiger partial charge on any atom is 0.416 e. The van der Waals surface area contributed by atoms with Crippen LogP contribution in [0.3, 0.4) is 0 Å². The topological polar surface area (TPSA) is 184 Å². The van der Waals surface area contributed by atoms with Gasteiger partial charge in [0, 0.05) is 24.8 Å². The Morgan fingerprint density at radius 3 is 2.42 bits per heavy atom. The molecule has 3 aromatic carbocycles. The first-order valence-corrected chi connectivity index (χ1v) is 18.0. The van der Waals surface area contributed by atoms with Crippen LogP contribution in [0.15, 0.2) is 97.1 Å². The van der Waals surface area contributed by atoms with Gasteiger partial charge in [0.05, 0.1) is 24.9 Å². The van der Waals surface area contributed by atoms with Crippen LogP contribution in [0.25, 0.3) is 6.08 Å². The van der Waals surface area contributed by atoms with Crippen LogP contribution in [0.2, 0.25) is 0 Å². The third-order valence-corrected chi connectivity index (χ3v) is 8.94. The minimum Gasteiger partial charge on any atom is -0.493 e. The number of alkyl halides is 3. The third kappa shape index (κ3) is 14.7. The fourth-order valence-electron chi connectivity index (χ4n) is 5.97. The van der Waals surface area contributed by atoms with E-state index >= 15 is 0 Å². The zero-order valence-corrected chi connectivity index (χ0v) is 31.0. The number of hydrogen-bond acceptors (Lipinski definition) is 12. The molecule has 57 heavy (non-hydrogen) atoms. The van der Waals surface area contributed by atoms with Crippen LogP contribution in [-0.4, -0.2) is 64.4 Å². The highest BCUT2D eigenvalue weighted by atomic mass is 19.4. The summed E-state index contributed by atoms with van der Waals surface area (Å²) in [5, 5.41) is 40.8. The van der Waals surface area contributed by atoms with E-state index in [-0.39, 0.29) is 55.8 Å². The number of methoxy groups -OCH3 is 1. The van der Waals surface area contributed by atoms with Gasteiger partial charge < -0.3 is 39.1 Å². The van der Waals surface area contributed by atoms with E-state index in [2.05, 4.69) is 4.84 Å². The van der Waals surface area contributed by atoms with Crippen molar-refractivity contribution in [2.45, 2.75) is 69.8 Å². The number of carbonyl (C=O) groups excluding carboxylic acids is 2. The van der Waals surface area contributed by atoms with E-state index in [0.29, 0.717) is 36.0 Å². The van der Waals surface area contributed by atoms with Gasteiger partial charge in [-0.1, -0.05) is 60.7 Å². The summed E-state index contributed by atoms with van der Waals surface area (Å²) in [5.41, 5.74) is 0.986. The van der Waals surface area contributed by atoms with Crippen molar-refractivity contribution >= 4 is 18.0 Å². The van der Waals surface area contributed by atoms with E-state index in [1.807, 2.05) is 12.2 Å². The smallest absolute Gasteiger partial charge is 0.416 e. The standard InChI is InChI=1S/C41H44F3NO12/c1-53-38-21-27(16-20-39(49)55-24-28-11-13-29(14-12-28)25-56-45(51)52)15-19-37(38)57-40(50)10-5-3-2-4-9-33-34(36(48)23-35(33)47)18-17-31(46)26-54-32-8-6-7-30(22-32)41(42,43)44/h2,4,6-8,11-22,31,33-36,46-48H,3,5,9-10,23-26H2,1H3/b4-2-,18-17+,20-16+/t31-,33-,34-,35+,36-/m1/s1. The average Bonchev–Trinajstić information content (AvgIpc) is 3.45. The summed E-state index contributed by atoms with van der Waals surface area (Å²) < 4.78 is 60.3. The number of aliphatic hydroxyl groups excluding tert-OH is 3. The fraction of sp³-hybridized carbons (Fsp3) is 0.366. The summed E-state index contributed by atoms with van der Waals surface area (Å²) >= 11 is 0. The predicted molar refractivity (Wildman–Crippen MR) is 199 cm³/mol. The molecule has 0 spiro atoms. The molecule has 0 aliphatic heterocycles. The Morgan fingerprint density at radius 2 is 1.72 bits per heavy atom. The number of aliphatic hydroxyl groups is 3. The number of rotatable bonds is 20. The molecule has 13 nitrogen and oxygen atoms in total. The van der Waals surface area contributed by atoms with Crippen LogP contribution in [0.5, 0.6) is 17.2 Å². The van der Waals surface area contributed by atoms with Gasteiger partial charge in [0.1, 0.15) is 31.7 Å². The maximum atomic E-state index is 13.0. The molecule has 0 bridgehead atoms. The Labute approximate surface area is 326 Å². The lowest BCUT2D eigenvalue weighted by Crippen LogP contribution is -2.21. The van der Waals surface area contributed by atoms with Crippen molar-refractivity contribution in [1.29, 1.82) is 0 Å². The number of hydrogen-bond donors (Lipinski definition) is 3. The van der Waals surface area contributed by atoms with Crippen molar-refractivity contribution in [2.24, 2.45) is 11.8 Å². The van der Waals surface area contributed by atoms with Crippen molar-refractivity contribution in [3.63, 3.8) is 0 Å². The SMILES string of the molecule is COc1cc(/C=C/C(=O)OCc2ccc(CO[N+](=O)[O-])cc2)ccc1OC(=O)CCC/C=C\C[C@@H]1[C@@H](/C=C/[C@@H](O)COc2cccc(C(F)(F)F)c2)[C@H](O)C[C@@H]1O. The summed E-state index contributed by atoms with van der Waals surface area (Å²) in [6, 6.07) is 15.7. The van der Waals surface area contributed by atoms with E-state index in [4.69, 9.17) is 18.9 Å². The molecule has 1 aliphatic carbocycles. The molecule has 306 valence electrons. The summed E-state index contributed by atoms with van der Waals surface area (Å²) in [5.74, 6) is -1.48. The molecule has 5 atom stereocenters. The van der Waals surface area contributed by atoms with Gasteiger partial charge in [-0.05, 0) is 78.3 Å². The van der Waals surface area contributed by atoms with E-state index in [9.17, 15) is 48.2 Å². The monoisotopic (exact) mass is 799 g/mol. The largest absolute Gasteiger partial charge is 0.493 e. The molecule has 4 rings (SSSR count). The van der Waals surface area contributed by atoms with Crippen molar-refractivity contribution in [3.8, 4) is 17.2 Å². The first kappa shape index (κ1) is 44.0. The number of carbonyl (C=O) groups is 2. The lowest BCUT2D eigenvalue weighted by atomic mass is 9.89. The molecule has 0 heterocycles. The molecule has 16 heteroatoms. The van der Waals surface area contributed by atoms with Crippen LogP contribution >= 0.6 is 0 Å². The van der Waals surface area contributed by atoms with Gasteiger partial charge in [-0.2, -0.15) is 13.2 Å². The molecule has 0 saturated heterocycles. The Morgan fingerprint density at radius 1 is 0.982 bits per heavy atom. The van der Waals surface area contributed by atoms with Crippen molar-refractivity contribution in [3.05, 3.63) is 129 Å². The van der Waals surface area contributed by atoms with E-state index in [0.717, 1.165) is 12.1 Å². The quantitative estimate of drug-likeness (QED) is 0.0213. The first-order valence-electron chi connectivity index (χ1n) is 18.0. The highest BCUT2D eigenvalue weighted by molar-refractivity contribution is 5.87. The summed E-state index contributed by atoms with van der Waals surface area (Å²) in [7, 11) is 1.41. The third-order valence-electron chi connectivity index (χ3n) is 8.94. The maximum absolute atomic E-state index is 13.0. The van der Waals surface area contributed by atoms with E-state index in [1.54, 1.807) is 48.5 Å². The van der Waals surface area contributed by atoms with Gasteiger partial charge in [0.2, 0.25) is 0 Å². The van der Waals surface area contributed by atoms with E-state index in [1.165, 1.54) is 37.5 Å². The lowest BCUT2D eigenvalue weighted by Gasteiger charge is -2.19. The lowest BCUT2D eigenvalue weighted by molar-refractivity contribution is -0.763. The molecular formula is C41H44F3NO12. The molecule has 1 aliphatic rings. The number of halogens is 3. The van der Waals surface area contributed by atoms with Gasteiger partial charge in [0.15, 0.2) is 11.5 Å². The minimum atomic E-state index is -4.53. The van der Waals surface area contributed by atoms with Crippen LogP contribution in [-0.2, 0) is 38.6 Å². The number of benzene rings is 3. The molecule has 3 N–H and O–H groups in total. The molecule has 0 amide bonds. The second-order valence-electron chi connectivity index (χ2n) is 13.1. The highest BCUT2D eigenvalue weighted by Crippen LogP contribution is 2.37. The van der Waals surface area contributed by atoms with Crippen LogP contribution in [0.4, 0.5) is 13.2 Å². The first-order chi connectivity index (χ1) is 27.2. The molecular weight excluding hydrogens is 755 g/mol. The predicted octanol–water partition coefficient (Wildman–Crippen LogP) is 6.55. The van der Waals surface area contributed by atoms with Gasteiger partial charge in [-0.15, -0.1) is 10.1 Å². The van der Waals surface area contributed by atoms with Gasteiger partial charge in [-0.25, -0.2) is 4.79 Å². The fourth-order valence-corrected chi connectivity index (χ4v) is 5.97. The molecule has 1 fully saturated rings. The second kappa shape index (κ2) is 21.6. The molecule has 1 saturated carbocycles. The van der Waals surface area contributed by atoms with Crippen LogP contribution in [0, 0.1) is 22.0 Å². The van der Waals surface area contributed by atoms with Crippen molar-refractivity contribution in [1.82, 2.24) is 0 Å². The molecule has 0 radical (unpaired) electrons. The second-order valence-corrected chi connectivity index (χ2v) is 13.1. The summed E-state index contributed by atoms with van der Waals surface area (Å²) in [4.78, 5) is 39.4. The molecule has 0 unspecified atom stereocenters. The van der Waals surface area contributed by atoms with Crippen LogP contribution in [0.1, 0.15) is 54.4 Å². The number of allylic oxidation sites excluding steroid dienone is 2. The minimum absolute atomic E-state index is 0.0106. The Hall–Kier alpha value is -5.71. The Balaban J connectivity index is 1.17. The number of nitrogens with zero attached hydrogens (tertiary/aromatic N) is 1. The van der Waals surface area contributed by atoms with Crippen molar-refractivity contribution < 1.29 is 67.0 Å². The van der Waals surface area contributed by atoms with Crippen LogP contribution < -0.4 is 14.2 Å². The van der Waals surface area contributed by atoms with Gasteiger partial charge >= 0.3 is 18.1 Å². The number of ether oxygens (including phenoxy) is 4. The summed E-state index contributed by atoms with van der Waals surface area (Å²) in [6.07, 6.45) is 3.80. The molecule has 3 aromatic rings. The van der Waals surface area contributed by atoms with E-state index < -0.39 is 53.0 Å². The van der Waals surface area contributed by atoms with Gasteiger partial charge in [0.25, 0.3) is 5.09 Å². The van der Waals surface area contributed by atoms with Crippen molar-refractivity contribution in [2.75, 3.05) is 13.7 Å². The summed E-state index contributed by atoms with van der Waals surface area (Å²) in [6.45, 7) is -0.502.